The Hall–Kier alpha value is -2.01. The highest BCUT2D eigenvalue weighted by Crippen LogP contribution is 2.30. The Bertz CT molecular complexity index is 832. The van der Waals surface area contributed by atoms with Gasteiger partial charge >= 0.3 is 0 Å². The SMILES string of the molecule is Cc1cc(-c2n[nH]c(=S)o2)c2ccc(C)c(C)c2n1. The zero-order valence-corrected chi connectivity index (χ0v) is 11.8. The van der Waals surface area contributed by atoms with E-state index in [9.17, 15) is 0 Å². The van der Waals surface area contributed by atoms with Gasteiger partial charge in [-0.05, 0) is 50.2 Å². The summed E-state index contributed by atoms with van der Waals surface area (Å²) in [5.41, 5.74) is 5.23. The van der Waals surface area contributed by atoms with Crippen LogP contribution in [-0.2, 0) is 0 Å². The average molecular weight is 271 g/mol. The highest BCUT2D eigenvalue weighted by atomic mass is 32.1. The van der Waals surface area contributed by atoms with E-state index in [1.165, 1.54) is 11.1 Å². The molecule has 0 fully saturated rings. The van der Waals surface area contributed by atoms with Gasteiger partial charge < -0.3 is 4.42 Å². The summed E-state index contributed by atoms with van der Waals surface area (Å²) >= 11 is 4.93. The van der Waals surface area contributed by atoms with Crippen molar-refractivity contribution in [1.29, 1.82) is 0 Å². The maximum Gasteiger partial charge on any atom is 0.284 e. The first-order valence-corrected chi connectivity index (χ1v) is 6.40. The number of nitrogens with zero attached hydrogens (tertiary/aromatic N) is 2. The molecule has 0 amide bonds. The van der Waals surface area contributed by atoms with E-state index in [4.69, 9.17) is 16.6 Å². The molecule has 0 saturated heterocycles. The van der Waals surface area contributed by atoms with Crippen LogP contribution < -0.4 is 0 Å². The summed E-state index contributed by atoms with van der Waals surface area (Å²) in [5, 5.41) is 7.79. The molecule has 1 N–H and O–H groups in total. The molecule has 3 rings (SSSR count). The highest BCUT2D eigenvalue weighted by Gasteiger charge is 2.13. The molecule has 0 aliphatic rings. The minimum absolute atomic E-state index is 0.279. The molecular formula is C14H13N3OS. The minimum atomic E-state index is 0.279. The van der Waals surface area contributed by atoms with Gasteiger partial charge in [0.15, 0.2) is 0 Å². The largest absolute Gasteiger partial charge is 0.409 e. The Labute approximate surface area is 115 Å². The maximum atomic E-state index is 5.42. The first-order valence-electron chi connectivity index (χ1n) is 5.99. The second-order valence-corrected chi connectivity index (χ2v) is 5.00. The number of H-pyrrole nitrogens is 1. The molecule has 5 heteroatoms. The molecule has 2 heterocycles. The van der Waals surface area contributed by atoms with Crippen molar-refractivity contribution >= 4 is 23.1 Å². The summed E-state index contributed by atoms with van der Waals surface area (Å²) in [6.07, 6.45) is 0. The van der Waals surface area contributed by atoms with E-state index in [0.717, 1.165) is 22.2 Å². The lowest BCUT2D eigenvalue weighted by Gasteiger charge is -2.09. The predicted octanol–water partition coefficient (Wildman–Crippen LogP) is 3.87. The van der Waals surface area contributed by atoms with E-state index in [0.29, 0.717) is 5.89 Å². The van der Waals surface area contributed by atoms with Crippen molar-refractivity contribution in [3.63, 3.8) is 0 Å². The highest BCUT2D eigenvalue weighted by molar-refractivity contribution is 7.71. The van der Waals surface area contributed by atoms with Crippen molar-refractivity contribution in [2.24, 2.45) is 0 Å². The molecule has 0 aliphatic carbocycles. The summed E-state index contributed by atoms with van der Waals surface area (Å²) in [7, 11) is 0. The lowest BCUT2D eigenvalue weighted by Crippen LogP contribution is -1.93. The van der Waals surface area contributed by atoms with Gasteiger partial charge in [0.25, 0.3) is 4.84 Å². The second-order valence-electron chi connectivity index (χ2n) is 4.63. The van der Waals surface area contributed by atoms with E-state index >= 15 is 0 Å². The summed E-state index contributed by atoms with van der Waals surface area (Å²) in [4.78, 5) is 4.90. The van der Waals surface area contributed by atoms with Crippen LogP contribution in [0.3, 0.4) is 0 Å². The molecule has 2 aromatic heterocycles. The molecule has 0 radical (unpaired) electrons. The van der Waals surface area contributed by atoms with Gasteiger partial charge in [-0.3, -0.25) is 4.98 Å². The van der Waals surface area contributed by atoms with Crippen LogP contribution in [0.1, 0.15) is 16.8 Å². The number of pyridine rings is 1. The van der Waals surface area contributed by atoms with Gasteiger partial charge in [0, 0.05) is 16.6 Å². The quantitative estimate of drug-likeness (QED) is 0.682. The number of fused-ring (bicyclic) bond motifs is 1. The summed E-state index contributed by atoms with van der Waals surface area (Å²) in [5.74, 6) is 0.503. The third kappa shape index (κ3) is 1.96. The van der Waals surface area contributed by atoms with Crippen molar-refractivity contribution in [2.45, 2.75) is 20.8 Å². The molecule has 0 saturated carbocycles. The standard InChI is InChI=1S/C14H13N3OS/c1-7-4-5-10-11(13-16-17-14(19)18-13)6-8(2)15-12(10)9(7)3/h4-6H,1-3H3,(H,17,19). The number of hydrogen-bond acceptors (Lipinski definition) is 4. The van der Waals surface area contributed by atoms with Crippen molar-refractivity contribution < 1.29 is 4.42 Å². The van der Waals surface area contributed by atoms with Crippen LogP contribution in [0.2, 0.25) is 0 Å². The van der Waals surface area contributed by atoms with Crippen LogP contribution in [0.25, 0.3) is 22.4 Å². The summed E-state index contributed by atoms with van der Waals surface area (Å²) < 4.78 is 5.42. The van der Waals surface area contributed by atoms with Gasteiger partial charge in [-0.25, -0.2) is 5.10 Å². The summed E-state index contributed by atoms with van der Waals surface area (Å²) in [6.45, 7) is 6.12. The van der Waals surface area contributed by atoms with Crippen LogP contribution in [0, 0.1) is 25.6 Å². The molecule has 4 nitrogen and oxygen atoms in total. The van der Waals surface area contributed by atoms with Crippen molar-refractivity contribution in [1.82, 2.24) is 15.2 Å². The van der Waals surface area contributed by atoms with Crippen LogP contribution in [0.15, 0.2) is 22.6 Å². The minimum Gasteiger partial charge on any atom is -0.409 e. The van der Waals surface area contributed by atoms with Crippen LogP contribution in [-0.4, -0.2) is 15.2 Å². The number of rotatable bonds is 1. The van der Waals surface area contributed by atoms with Gasteiger partial charge in [-0.1, -0.05) is 12.1 Å². The molecule has 19 heavy (non-hydrogen) atoms. The maximum absolute atomic E-state index is 5.42. The number of aryl methyl sites for hydroxylation is 3. The number of benzene rings is 1. The van der Waals surface area contributed by atoms with Crippen molar-refractivity contribution in [2.75, 3.05) is 0 Å². The van der Waals surface area contributed by atoms with Crippen LogP contribution in [0.4, 0.5) is 0 Å². The Kier molecular flexibility index (Phi) is 2.71. The topological polar surface area (TPSA) is 54.7 Å². The molecule has 0 spiro atoms. The fraction of sp³-hybridized carbons (Fsp3) is 0.214. The van der Waals surface area contributed by atoms with E-state index in [1.54, 1.807) is 0 Å². The van der Waals surface area contributed by atoms with Gasteiger partial charge in [0.2, 0.25) is 5.89 Å². The molecular weight excluding hydrogens is 258 g/mol. The molecule has 0 atom stereocenters. The zero-order valence-electron chi connectivity index (χ0n) is 10.9. The average Bonchev–Trinajstić information content (AvgIpc) is 2.80. The van der Waals surface area contributed by atoms with E-state index in [1.807, 2.05) is 19.1 Å². The third-order valence-electron chi connectivity index (χ3n) is 3.30. The molecule has 0 unspecified atom stereocenters. The molecule has 3 aromatic rings. The number of aromatic amines is 1. The Morgan fingerprint density at radius 2 is 2.00 bits per heavy atom. The predicted molar refractivity (Wildman–Crippen MR) is 76.6 cm³/mol. The van der Waals surface area contributed by atoms with E-state index in [-0.39, 0.29) is 4.84 Å². The second kappa shape index (κ2) is 4.28. The van der Waals surface area contributed by atoms with E-state index in [2.05, 4.69) is 35.1 Å². The monoisotopic (exact) mass is 271 g/mol. The summed E-state index contributed by atoms with van der Waals surface area (Å²) in [6, 6.07) is 6.09. The fourth-order valence-electron chi connectivity index (χ4n) is 2.18. The Morgan fingerprint density at radius 1 is 1.21 bits per heavy atom. The van der Waals surface area contributed by atoms with Gasteiger partial charge in [0.05, 0.1) is 5.52 Å². The first kappa shape index (κ1) is 12.0. The Morgan fingerprint density at radius 3 is 2.68 bits per heavy atom. The molecule has 0 aliphatic heterocycles. The first-order chi connectivity index (χ1) is 9.06. The lowest BCUT2D eigenvalue weighted by atomic mass is 10.0. The molecule has 0 bridgehead atoms. The normalized spacial score (nSPS) is 11.1. The fourth-order valence-corrected chi connectivity index (χ4v) is 2.30. The van der Waals surface area contributed by atoms with Crippen LogP contribution >= 0.6 is 12.2 Å². The smallest absolute Gasteiger partial charge is 0.284 e. The van der Waals surface area contributed by atoms with Crippen molar-refractivity contribution in [3.8, 4) is 11.5 Å². The molecule has 96 valence electrons. The zero-order chi connectivity index (χ0) is 13.6. The van der Waals surface area contributed by atoms with Crippen molar-refractivity contribution in [3.05, 3.63) is 39.9 Å². The number of hydrogen-bond donors (Lipinski definition) is 1. The van der Waals surface area contributed by atoms with E-state index < -0.39 is 0 Å². The van der Waals surface area contributed by atoms with Gasteiger partial charge in [-0.15, -0.1) is 5.10 Å². The van der Waals surface area contributed by atoms with Gasteiger partial charge in [-0.2, -0.15) is 0 Å². The van der Waals surface area contributed by atoms with Crippen LogP contribution in [0.5, 0.6) is 0 Å². The molecule has 1 aromatic carbocycles. The number of aromatic nitrogens is 3. The van der Waals surface area contributed by atoms with Gasteiger partial charge in [0.1, 0.15) is 0 Å². The third-order valence-corrected chi connectivity index (χ3v) is 3.48. The Balaban J connectivity index is 2.42. The lowest BCUT2D eigenvalue weighted by molar-refractivity contribution is 0.552. The number of nitrogens with one attached hydrogen (secondary N) is 1.